The number of carbonyl (C=O) groups excluding carboxylic acids is 2. The standard InChI is InChI=1S/C15H27N3O3/c1-2-13(19)12-16-8-10-18(11-9-16)15(21)5-7-17-6-3-4-14(17)20/h13,19H,2-12H2,1H3. The number of β-amino-alcohol motifs (C(OH)–C–C–N with tert-alkyl or cyclic N) is 1. The van der Waals surface area contributed by atoms with Crippen molar-refractivity contribution in [2.45, 2.75) is 38.7 Å². The summed E-state index contributed by atoms with van der Waals surface area (Å²) in [5, 5.41) is 9.66. The number of likely N-dealkylation sites (tertiary alicyclic amines) is 1. The Bertz CT molecular complexity index is 367. The third-order valence-corrected chi connectivity index (χ3v) is 4.43. The molecular formula is C15H27N3O3. The molecule has 0 aromatic heterocycles. The Balaban J connectivity index is 1.67. The minimum Gasteiger partial charge on any atom is -0.392 e. The van der Waals surface area contributed by atoms with Crippen molar-refractivity contribution in [1.82, 2.24) is 14.7 Å². The number of amides is 2. The zero-order valence-electron chi connectivity index (χ0n) is 13.0. The van der Waals surface area contributed by atoms with E-state index in [9.17, 15) is 14.7 Å². The third kappa shape index (κ3) is 4.68. The molecule has 2 aliphatic rings. The predicted octanol–water partition coefficient (Wildman–Crippen LogP) is -0.0860. The molecule has 120 valence electrons. The highest BCUT2D eigenvalue weighted by Crippen LogP contribution is 2.11. The second kappa shape index (κ2) is 7.75. The normalized spacial score (nSPS) is 21.9. The molecule has 0 saturated carbocycles. The first-order chi connectivity index (χ1) is 10.1. The van der Waals surface area contributed by atoms with E-state index in [0.29, 0.717) is 25.9 Å². The monoisotopic (exact) mass is 297 g/mol. The van der Waals surface area contributed by atoms with Crippen LogP contribution in [-0.2, 0) is 9.59 Å². The van der Waals surface area contributed by atoms with Gasteiger partial charge in [-0.3, -0.25) is 14.5 Å². The topological polar surface area (TPSA) is 64.1 Å². The molecule has 2 fully saturated rings. The number of carbonyl (C=O) groups is 2. The fourth-order valence-electron chi connectivity index (χ4n) is 2.94. The van der Waals surface area contributed by atoms with Crippen molar-refractivity contribution in [2.24, 2.45) is 0 Å². The van der Waals surface area contributed by atoms with E-state index in [4.69, 9.17) is 0 Å². The van der Waals surface area contributed by atoms with Gasteiger partial charge < -0.3 is 14.9 Å². The summed E-state index contributed by atoms with van der Waals surface area (Å²) in [6, 6.07) is 0. The van der Waals surface area contributed by atoms with E-state index in [-0.39, 0.29) is 17.9 Å². The van der Waals surface area contributed by atoms with Crippen molar-refractivity contribution < 1.29 is 14.7 Å². The highest BCUT2D eigenvalue weighted by atomic mass is 16.3. The van der Waals surface area contributed by atoms with Gasteiger partial charge in [-0.1, -0.05) is 6.92 Å². The molecule has 2 heterocycles. The lowest BCUT2D eigenvalue weighted by Gasteiger charge is -2.35. The van der Waals surface area contributed by atoms with E-state index in [1.54, 1.807) is 4.90 Å². The van der Waals surface area contributed by atoms with Crippen molar-refractivity contribution in [2.75, 3.05) is 45.8 Å². The van der Waals surface area contributed by atoms with Crippen LogP contribution in [0, 0.1) is 0 Å². The molecule has 6 heteroatoms. The van der Waals surface area contributed by atoms with Crippen LogP contribution in [0.1, 0.15) is 32.6 Å². The quantitative estimate of drug-likeness (QED) is 0.744. The first kappa shape index (κ1) is 16.2. The summed E-state index contributed by atoms with van der Waals surface area (Å²) in [5.74, 6) is 0.326. The first-order valence-corrected chi connectivity index (χ1v) is 8.06. The second-order valence-corrected chi connectivity index (χ2v) is 5.98. The smallest absolute Gasteiger partial charge is 0.224 e. The zero-order chi connectivity index (χ0) is 15.2. The molecule has 2 saturated heterocycles. The Kier molecular flexibility index (Phi) is 5.99. The average molecular weight is 297 g/mol. The van der Waals surface area contributed by atoms with Gasteiger partial charge in [0, 0.05) is 58.7 Å². The van der Waals surface area contributed by atoms with Gasteiger partial charge in [0.15, 0.2) is 0 Å². The fraction of sp³-hybridized carbons (Fsp3) is 0.867. The highest BCUT2D eigenvalue weighted by Gasteiger charge is 2.24. The van der Waals surface area contributed by atoms with E-state index in [0.717, 1.165) is 45.6 Å². The van der Waals surface area contributed by atoms with Crippen LogP contribution in [0.2, 0.25) is 0 Å². The maximum atomic E-state index is 12.2. The summed E-state index contributed by atoms with van der Waals surface area (Å²) in [6.07, 6.45) is 2.48. The van der Waals surface area contributed by atoms with Crippen molar-refractivity contribution >= 4 is 11.8 Å². The zero-order valence-corrected chi connectivity index (χ0v) is 13.0. The van der Waals surface area contributed by atoms with E-state index in [1.165, 1.54) is 0 Å². The molecular weight excluding hydrogens is 270 g/mol. The molecule has 2 aliphatic heterocycles. The Hall–Kier alpha value is -1.14. The molecule has 0 aliphatic carbocycles. The number of hydrogen-bond acceptors (Lipinski definition) is 4. The lowest BCUT2D eigenvalue weighted by atomic mass is 10.2. The minimum atomic E-state index is -0.270. The van der Waals surface area contributed by atoms with Crippen LogP contribution in [0.25, 0.3) is 0 Å². The van der Waals surface area contributed by atoms with Gasteiger partial charge in [0.05, 0.1) is 6.10 Å². The molecule has 0 radical (unpaired) electrons. The molecule has 0 bridgehead atoms. The molecule has 6 nitrogen and oxygen atoms in total. The number of aliphatic hydroxyl groups is 1. The molecule has 1 unspecified atom stereocenters. The predicted molar refractivity (Wildman–Crippen MR) is 79.7 cm³/mol. The van der Waals surface area contributed by atoms with Crippen LogP contribution in [0.4, 0.5) is 0 Å². The number of piperazine rings is 1. The summed E-state index contributed by atoms with van der Waals surface area (Å²) < 4.78 is 0. The van der Waals surface area contributed by atoms with Crippen molar-refractivity contribution in [1.29, 1.82) is 0 Å². The minimum absolute atomic E-state index is 0.144. The molecule has 0 spiro atoms. The third-order valence-electron chi connectivity index (χ3n) is 4.43. The molecule has 0 aromatic carbocycles. The van der Waals surface area contributed by atoms with E-state index in [2.05, 4.69) is 4.90 Å². The van der Waals surface area contributed by atoms with E-state index >= 15 is 0 Å². The molecule has 1 atom stereocenters. The largest absolute Gasteiger partial charge is 0.392 e. The van der Waals surface area contributed by atoms with Gasteiger partial charge in [-0.2, -0.15) is 0 Å². The van der Waals surface area contributed by atoms with Crippen LogP contribution in [0.15, 0.2) is 0 Å². The van der Waals surface area contributed by atoms with Gasteiger partial charge in [0.2, 0.25) is 11.8 Å². The van der Waals surface area contributed by atoms with Crippen molar-refractivity contribution in [3.8, 4) is 0 Å². The Morgan fingerprint density at radius 1 is 1.24 bits per heavy atom. The number of hydrogen-bond donors (Lipinski definition) is 1. The Morgan fingerprint density at radius 3 is 2.52 bits per heavy atom. The van der Waals surface area contributed by atoms with Gasteiger partial charge in [-0.05, 0) is 12.8 Å². The average Bonchev–Trinajstić information content (AvgIpc) is 2.90. The highest BCUT2D eigenvalue weighted by molar-refractivity contribution is 5.80. The van der Waals surface area contributed by atoms with Crippen LogP contribution >= 0.6 is 0 Å². The lowest BCUT2D eigenvalue weighted by Crippen LogP contribution is -2.50. The van der Waals surface area contributed by atoms with E-state index in [1.807, 2.05) is 11.8 Å². The van der Waals surface area contributed by atoms with Crippen molar-refractivity contribution in [3.05, 3.63) is 0 Å². The number of aliphatic hydroxyl groups excluding tert-OH is 1. The molecule has 2 amide bonds. The van der Waals surface area contributed by atoms with Crippen LogP contribution in [0.5, 0.6) is 0 Å². The molecule has 21 heavy (non-hydrogen) atoms. The van der Waals surface area contributed by atoms with Gasteiger partial charge in [0.25, 0.3) is 0 Å². The maximum absolute atomic E-state index is 12.2. The van der Waals surface area contributed by atoms with Gasteiger partial charge in [-0.25, -0.2) is 0 Å². The molecule has 1 N–H and O–H groups in total. The fourth-order valence-corrected chi connectivity index (χ4v) is 2.94. The summed E-state index contributed by atoms with van der Waals surface area (Å²) in [7, 11) is 0. The molecule has 2 rings (SSSR count). The maximum Gasteiger partial charge on any atom is 0.224 e. The number of rotatable bonds is 6. The van der Waals surface area contributed by atoms with E-state index < -0.39 is 0 Å². The summed E-state index contributed by atoms with van der Waals surface area (Å²) in [6.45, 7) is 7.13. The van der Waals surface area contributed by atoms with Gasteiger partial charge in [0.1, 0.15) is 0 Å². The lowest BCUT2D eigenvalue weighted by molar-refractivity contribution is -0.134. The van der Waals surface area contributed by atoms with Crippen LogP contribution < -0.4 is 0 Å². The summed E-state index contributed by atoms with van der Waals surface area (Å²) >= 11 is 0. The first-order valence-electron chi connectivity index (χ1n) is 8.06. The SMILES string of the molecule is CCC(O)CN1CCN(C(=O)CCN2CCCC2=O)CC1. The summed E-state index contributed by atoms with van der Waals surface area (Å²) in [4.78, 5) is 29.6. The van der Waals surface area contributed by atoms with Crippen LogP contribution in [-0.4, -0.2) is 83.5 Å². The van der Waals surface area contributed by atoms with Gasteiger partial charge >= 0.3 is 0 Å². The second-order valence-electron chi connectivity index (χ2n) is 5.98. The molecule has 0 aromatic rings. The van der Waals surface area contributed by atoms with Gasteiger partial charge in [-0.15, -0.1) is 0 Å². The Morgan fingerprint density at radius 2 is 1.95 bits per heavy atom. The summed E-state index contributed by atoms with van der Waals surface area (Å²) in [5.41, 5.74) is 0. The van der Waals surface area contributed by atoms with Crippen LogP contribution in [0.3, 0.4) is 0 Å². The number of nitrogens with zero attached hydrogens (tertiary/aromatic N) is 3. The van der Waals surface area contributed by atoms with Crippen molar-refractivity contribution in [3.63, 3.8) is 0 Å². The Labute approximate surface area is 126 Å².